The molecule has 0 saturated heterocycles. The van der Waals surface area contributed by atoms with E-state index in [1.165, 1.54) is 11.7 Å². The molecule has 0 amide bonds. The molecule has 8 nitrogen and oxygen atoms in total. The maximum Gasteiger partial charge on any atom is 0.337 e. The second kappa shape index (κ2) is 7.08. The molecule has 4 rings (SSSR count). The molecule has 2 aromatic carbocycles. The van der Waals surface area contributed by atoms with E-state index in [1.54, 1.807) is 35.7 Å². The lowest BCUT2D eigenvalue weighted by atomic mass is 10.2. The lowest BCUT2D eigenvalue weighted by Gasteiger charge is -2.10. The molecule has 4 aromatic rings. The summed E-state index contributed by atoms with van der Waals surface area (Å²) in [6, 6.07) is 12.2. The Morgan fingerprint density at radius 3 is 2.71 bits per heavy atom. The zero-order valence-electron chi connectivity index (χ0n) is 15.0. The van der Waals surface area contributed by atoms with Gasteiger partial charge in [0.1, 0.15) is 12.4 Å². The summed E-state index contributed by atoms with van der Waals surface area (Å²) in [7, 11) is 2.99. The Morgan fingerprint density at radius 1 is 1.18 bits per heavy atom. The summed E-state index contributed by atoms with van der Waals surface area (Å²) in [5, 5.41) is 8.90. The van der Waals surface area contributed by atoms with Crippen molar-refractivity contribution < 1.29 is 14.3 Å². The zero-order chi connectivity index (χ0) is 19.8. The highest BCUT2D eigenvalue weighted by Crippen LogP contribution is 2.27. The van der Waals surface area contributed by atoms with Crippen molar-refractivity contribution in [2.75, 3.05) is 7.11 Å². The topological polar surface area (TPSA) is 87.7 Å². The third kappa shape index (κ3) is 2.93. The molecule has 0 saturated carbocycles. The number of nitrogens with zero attached hydrogens (tertiary/aromatic N) is 4. The predicted octanol–water partition coefficient (Wildman–Crippen LogP) is 2.71. The predicted molar refractivity (Wildman–Crippen MR) is 106 cm³/mol. The molecule has 28 heavy (non-hydrogen) atoms. The summed E-state index contributed by atoms with van der Waals surface area (Å²) in [5.74, 6) is 1.09. The van der Waals surface area contributed by atoms with E-state index >= 15 is 0 Å². The van der Waals surface area contributed by atoms with E-state index in [2.05, 4.69) is 26.1 Å². The Kier molecular flexibility index (Phi) is 4.60. The van der Waals surface area contributed by atoms with E-state index in [1.807, 2.05) is 18.2 Å². The van der Waals surface area contributed by atoms with Crippen molar-refractivity contribution in [1.82, 2.24) is 19.2 Å². The molecule has 0 N–H and O–H groups in total. The van der Waals surface area contributed by atoms with Gasteiger partial charge in [0, 0.05) is 7.05 Å². The number of fused-ring (bicyclic) bond motifs is 3. The van der Waals surface area contributed by atoms with Crippen molar-refractivity contribution in [3.8, 4) is 5.75 Å². The first kappa shape index (κ1) is 18.2. The minimum atomic E-state index is -0.428. The lowest BCUT2D eigenvalue weighted by Crippen LogP contribution is -2.20. The van der Waals surface area contributed by atoms with Crippen molar-refractivity contribution >= 4 is 38.6 Å². The fourth-order valence-corrected chi connectivity index (χ4v) is 3.48. The van der Waals surface area contributed by atoms with Gasteiger partial charge in [0.25, 0.3) is 5.56 Å². The quantitative estimate of drug-likeness (QED) is 0.451. The number of rotatable bonds is 4. The third-order valence-electron chi connectivity index (χ3n) is 4.40. The number of aryl methyl sites for hydroxylation is 1. The normalized spacial score (nSPS) is 11.1. The number of para-hydroxylation sites is 1. The number of hydrogen-bond acceptors (Lipinski definition) is 6. The molecule has 142 valence electrons. The molecule has 9 heteroatoms. The van der Waals surface area contributed by atoms with Gasteiger partial charge in [-0.05, 0) is 46.3 Å². The van der Waals surface area contributed by atoms with Crippen LogP contribution in [-0.2, 0) is 18.4 Å². The summed E-state index contributed by atoms with van der Waals surface area (Å²) in [6.45, 7) is 0.125. The number of aromatic nitrogens is 4. The van der Waals surface area contributed by atoms with Gasteiger partial charge in [0.15, 0.2) is 5.82 Å². The summed E-state index contributed by atoms with van der Waals surface area (Å²) < 4.78 is 14.4. The molecular formula is C19H15BrN4O4. The van der Waals surface area contributed by atoms with Crippen LogP contribution in [0, 0.1) is 0 Å². The van der Waals surface area contributed by atoms with Crippen LogP contribution in [0.2, 0.25) is 0 Å². The second-order valence-corrected chi connectivity index (χ2v) is 6.91. The van der Waals surface area contributed by atoms with Gasteiger partial charge < -0.3 is 9.47 Å². The number of benzene rings is 2. The highest BCUT2D eigenvalue weighted by molar-refractivity contribution is 9.10. The third-order valence-corrected chi connectivity index (χ3v) is 5.02. The summed E-state index contributed by atoms with van der Waals surface area (Å²) >= 11 is 3.40. The monoisotopic (exact) mass is 442 g/mol. The first-order valence-electron chi connectivity index (χ1n) is 8.33. The lowest BCUT2D eigenvalue weighted by molar-refractivity contribution is 0.0600. The Balaban J connectivity index is 1.72. The van der Waals surface area contributed by atoms with Crippen LogP contribution in [-0.4, -0.2) is 32.2 Å². The molecular weight excluding hydrogens is 428 g/mol. The molecule has 0 aliphatic heterocycles. The van der Waals surface area contributed by atoms with Crippen molar-refractivity contribution in [3.63, 3.8) is 0 Å². The number of halogens is 1. The van der Waals surface area contributed by atoms with Crippen LogP contribution in [0.5, 0.6) is 5.75 Å². The van der Waals surface area contributed by atoms with Crippen molar-refractivity contribution in [2.45, 2.75) is 6.61 Å². The van der Waals surface area contributed by atoms with Crippen molar-refractivity contribution in [1.29, 1.82) is 0 Å². The SMILES string of the molecule is COC(=O)c1ccc(OCc2nnc3n(C)c(=O)c4ccccc4n23)c(Br)c1. The van der Waals surface area contributed by atoms with Crippen LogP contribution in [0.1, 0.15) is 16.2 Å². The molecule has 0 unspecified atom stereocenters. The molecule has 2 aromatic heterocycles. The van der Waals surface area contributed by atoms with Crippen LogP contribution in [0.4, 0.5) is 0 Å². The number of esters is 1. The fourth-order valence-electron chi connectivity index (χ4n) is 2.99. The zero-order valence-corrected chi connectivity index (χ0v) is 16.6. The van der Waals surface area contributed by atoms with Crippen molar-refractivity contribution in [3.05, 3.63) is 68.7 Å². The van der Waals surface area contributed by atoms with E-state index in [-0.39, 0.29) is 12.2 Å². The number of ether oxygens (including phenoxy) is 2. The van der Waals surface area contributed by atoms with E-state index in [0.717, 1.165) is 0 Å². The molecule has 0 fully saturated rings. The molecule has 0 atom stereocenters. The molecule has 2 heterocycles. The number of carbonyl (C=O) groups excluding carboxylic acids is 1. The van der Waals surface area contributed by atoms with Crippen molar-refractivity contribution in [2.24, 2.45) is 7.05 Å². The van der Waals surface area contributed by atoms with Gasteiger partial charge in [-0.25, -0.2) is 4.79 Å². The first-order chi connectivity index (χ1) is 13.5. The van der Waals surface area contributed by atoms with Gasteiger partial charge in [-0.2, -0.15) is 0 Å². The van der Waals surface area contributed by atoms with E-state index < -0.39 is 5.97 Å². The first-order valence-corrected chi connectivity index (χ1v) is 9.13. The van der Waals surface area contributed by atoms with Gasteiger partial charge in [0.2, 0.25) is 5.78 Å². The van der Waals surface area contributed by atoms with Crippen LogP contribution < -0.4 is 10.3 Å². The molecule has 0 spiro atoms. The second-order valence-electron chi connectivity index (χ2n) is 6.06. The fraction of sp³-hybridized carbons (Fsp3) is 0.158. The standard InChI is InChI=1S/C19H15BrN4O4/c1-23-17(25)12-5-3-4-6-14(12)24-16(21-22-19(23)24)10-28-15-8-7-11(9-13(15)20)18(26)27-2/h3-9H,10H2,1-2H3. The van der Waals surface area contributed by atoms with Gasteiger partial charge in [-0.3, -0.25) is 13.8 Å². The van der Waals surface area contributed by atoms with Gasteiger partial charge in [-0.1, -0.05) is 12.1 Å². The minimum absolute atomic E-state index is 0.125. The Hall–Kier alpha value is -3.20. The highest BCUT2D eigenvalue weighted by atomic mass is 79.9. The molecule has 0 aliphatic rings. The number of carbonyl (C=O) groups is 1. The average molecular weight is 443 g/mol. The van der Waals surface area contributed by atoms with Gasteiger partial charge >= 0.3 is 5.97 Å². The van der Waals surface area contributed by atoms with Crippen LogP contribution >= 0.6 is 15.9 Å². The van der Waals surface area contributed by atoms with E-state index in [4.69, 9.17) is 9.47 Å². The summed E-state index contributed by atoms with van der Waals surface area (Å²) in [4.78, 5) is 24.1. The minimum Gasteiger partial charge on any atom is -0.484 e. The number of hydrogen-bond donors (Lipinski definition) is 0. The number of methoxy groups -OCH3 is 1. The Morgan fingerprint density at radius 2 is 1.96 bits per heavy atom. The Labute approximate surface area is 167 Å². The molecule has 0 aliphatic carbocycles. The maximum absolute atomic E-state index is 12.5. The van der Waals surface area contributed by atoms with Crippen LogP contribution in [0.3, 0.4) is 0 Å². The van der Waals surface area contributed by atoms with Crippen LogP contribution in [0.15, 0.2) is 51.7 Å². The van der Waals surface area contributed by atoms with E-state index in [9.17, 15) is 9.59 Å². The summed E-state index contributed by atoms with van der Waals surface area (Å²) in [6.07, 6.45) is 0. The van der Waals surface area contributed by atoms with Gasteiger partial charge in [0.05, 0.1) is 28.0 Å². The highest BCUT2D eigenvalue weighted by Gasteiger charge is 2.16. The molecule has 0 radical (unpaired) electrons. The Bertz CT molecular complexity index is 1280. The van der Waals surface area contributed by atoms with Crippen LogP contribution in [0.25, 0.3) is 16.7 Å². The maximum atomic E-state index is 12.5. The summed E-state index contributed by atoms with van der Waals surface area (Å²) in [5.41, 5.74) is 0.990. The average Bonchev–Trinajstić information content (AvgIpc) is 3.14. The van der Waals surface area contributed by atoms with E-state index in [0.29, 0.717) is 38.3 Å². The molecule has 0 bridgehead atoms. The van der Waals surface area contributed by atoms with Gasteiger partial charge in [-0.15, -0.1) is 10.2 Å². The smallest absolute Gasteiger partial charge is 0.337 e. The largest absolute Gasteiger partial charge is 0.484 e.